The van der Waals surface area contributed by atoms with Crippen molar-refractivity contribution in [2.24, 2.45) is 0 Å². The molecule has 0 aromatic heterocycles. The average molecular weight is 857 g/mol. The van der Waals surface area contributed by atoms with Crippen molar-refractivity contribution in [1.29, 1.82) is 0 Å². The van der Waals surface area contributed by atoms with Crippen molar-refractivity contribution in [1.82, 2.24) is 0 Å². The van der Waals surface area contributed by atoms with Crippen LogP contribution in [0.1, 0.15) is 0 Å². The highest BCUT2D eigenvalue weighted by Gasteiger charge is 2.16. The third kappa shape index (κ3) is 13.0. The molecule has 0 N–H and O–H groups in total. The number of ether oxygens (including phenoxy) is 8. The highest BCUT2D eigenvalue weighted by molar-refractivity contribution is 6.36. The van der Waals surface area contributed by atoms with E-state index in [1.807, 2.05) is 0 Å². The van der Waals surface area contributed by atoms with Crippen molar-refractivity contribution >= 4 is 81.5 Å². The lowest BCUT2D eigenvalue weighted by Crippen LogP contribution is -2.18. The first-order valence-corrected chi connectivity index (χ1v) is 18.1. The predicted octanol–water partition coefficient (Wildman–Crippen LogP) is 11.2. The third-order valence-electron chi connectivity index (χ3n) is 6.74. The normalized spacial score (nSPS) is 10.8. The van der Waals surface area contributed by atoms with E-state index in [1.54, 1.807) is 72.8 Å². The largest absolute Gasteiger partial charge is 0.491 e. The molecule has 54 heavy (non-hydrogen) atoms. The topological polar surface area (TPSA) is 108 Å². The van der Waals surface area contributed by atoms with E-state index >= 15 is 0 Å². The van der Waals surface area contributed by atoms with E-state index in [-0.39, 0.29) is 72.7 Å². The zero-order chi connectivity index (χ0) is 38.5. The molecule has 0 amide bonds. The molecule has 5 aromatic carbocycles. The van der Waals surface area contributed by atoms with Crippen LogP contribution in [0.4, 0.5) is 0 Å². The second kappa shape index (κ2) is 20.5. The maximum absolute atomic E-state index is 12.5. The molecule has 0 atom stereocenters. The van der Waals surface area contributed by atoms with Gasteiger partial charge in [-0.05, 0) is 84.9 Å². The van der Waals surface area contributed by atoms with E-state index < -0.39 is 11.9 Å². The van der Waals surface area contributed by atoms with Crippen LogP contribution in [0.3, 0.4) is 0 Å². The second-order valence-electron chi connectivity index (χ2n) is 10.8. The van der Waals surface area contributed by atoms with Gasteiger partial charge in [-0.15, -0.1) is 0 Å². The van der Waals surface area contributed by atoms with E-state index in [0.29, 0.717) is 43.1 Å². The predicted molar refractivity (Wildman–Crippen MR) is 206 cm³/mol. The summed E-state index contributed by atoms with van der Waals surface area (Å²) in [6.45, 7) is -0.159. The molecule has 5 rings (SSSR count). The molecule has 0 unspecified atom stereocenters. The van der Waals surface area contributed by atoms with Gasteiger partial charge in [0, 0.05) is 32.2 Å². The van der Waals surface area contributed by atoms with E-state index in [1.165, 1.54) is 24.3 Å². The number of rotatable bonds is 18. The molecule has 16 heteroatoms. The first-order valence-electron chi connectivity index (χ1n) is 15.8. The molecule has 0 radical (unpaired) electrons. The van der Waals surface area contributed by atoms with Gasteiger partial charge in [0.05, 0.1) is 23.3 Å². The first-order chi connectivity index (χ1) is 26.0. The molecule has 5 aromatic rings. The molecule has 282 valence electrons. The maximum atomic E-state index is 12.5. The van der Waals surface area contributed by atoms with Crippen LogP contribution in [0.5, 0.6) is 46.0 Å². The zero-order valence-electron chi connectivity index (χ0n) is 27.8. The Morgan fingerprint density at radius 2 is 0.759 bits per heavy atom. The summed E-state index contributed by atoms with van der Waals surface area (Å²) in [5.74, 6) is 1.01. The van der Waals surface area contributed by atoms with E-state index in [9.17, 15) is 9.59 Å². The van der Waals surface area contributed by atoms with Crippen molar-refractivity contribution in [3.05, 3.63) is 127 Å². The van der Waals surface area contributed by atoms with E-state index in [4.69, 9.17) is 108 Å². The Morgan fingerprint density at radius 3 is 1.13 bits per heavy atom. The number of hydrogen-bond donors (Lipinski definition) is 0. The summed E-state index contributed by atoms with van der Waals surface area (Å²) in [6.07, 6.45) is 0. The van der Waals surface area contributed by atoms with Gasteiger partial charge in [0.15, 0.2) is 23.0 Å². The van der Waals surface area contributed by atoms with Crippen LogP contribution < -0.4 is 28.4 Å². The Balaban J connectivity index is 0.965. The standard InChI is InChI=1S/C38H28Cl6O10/c39-23-1-9-31(29(43)17-23)51-33-11-3-25(41)19-35(33)53-37(45)21-47-13-15-49-27-5-7-28(8-6-27)50-16-14-48-22-38(46)54-36-20-26(42)4-12-34(36)52-32-10-2-24(40)18-30(32)44/h1-12,17-20H,13-16,21-22H2. The molecular formula is C38H28Cl6O10. The minimum Gasteiger partial charge on any atom is -0.491 e. The summed E-state index contributed by atoms with van der Waals surface area (Å²) in [6, 6.07) is 25.4. The minimum atomic E-state index is -0.674. The van der Waals surface area contributed by atoms with E-state index in [2.05, 4.69) is 0 Å². The molecule has 0 bridgehead atoms. The Bertz CT molecular complexity index is 1920. The van der Waals surface area contributed by atoms with Crippen molar-refractivity contribution in [2.45, 2.75) is 0 Å². The Morgan fingerprint density at radius 1 is 0.407 bits per heavy atom. The Kier molecular flexibility index (Phi) is 15.6. The highest BCUT2D eigenvalue weighted by atomic mass is 35.5. The number of carbonyl (C=O) groups excluding carboxylic acids is 2. The van der Waals surface area contributed by atoms with Gasteiger partial charge in [0.2, 0.25) is 0 Å². The number of esters is 2. The van der Waals surface area contributed by atoms with Gasteiger partial charge in [-0.1, -0.05) is 69.6 Å². The van der Waals surface area contributed by atoms with E-state index in [0.717, 1.165) is 0 Å². The summed E-state index contributed by atoms with van der Waals surface area (Å²) in [4.78, 5) is 24.9. The quantitative estimate of drug-likeness (QED) is 0.0480. The molecule has 0 spiro atoms. The molecule has 0 saturated heterocycles. The van der Waals surface area contributed by atoms with Crippen LogP contribution in [0, 0.1) is 0 Å². The second-order valence-corrected chi connectivity index (χ2v) is 13.3. The maximum Gasteiger partial charge on any atom is 0.337 e. The monoisotopic (exact) mass is 854 g/mol. The number of benzene rings is 5. The Hall–Kier alpha value is -4.10. The number of hydrogen-bond acceptors (Lipinski definition) is 10. The molecule has 0 aliphatic heterocycles. The van der Waals surface area contributed by atoms with Crippen LogP contribution in [-0.2, 0) is 19.1 Å². The van der Waals surface area contributed by atoms with Crippen molar-refractivity contribution < 1.29 is 47.5 Å². The van der Waals surface area contributed by atoms with Gasteiger partial charge in [-0.3, -0.25) is 0 Å². The molecular weight excluding hydrogens is 829 g/mol. The van der Waals surface area contributed by atoms with Gasteiger partial charge in [-0.2, -0.15) is 0 Å². The molecule has 0 saturated carbocycles. The lowest BCUT2D eigenvalue weighted by atomic mass is 10.3. The molecule has 0 aliphatic carbocycles. The smallest absolute Gasteiger partial charge is 0.337 e. The van der Waals surface area contributed by atoms with Gasteiger partial charge < -0.3 is 37.9 Å². The van der Waals surface area contributed by atoms with Crippen molar-refractivity contribution in [3.8, 4) is 46.0 Å². The molecule has 0 aliphatic rings. The molecule has 10 nitrogen and oxygen atoms in total. The van der Waals surface area contributed by atoms with Gasteiger partial charge in [0.25, 0.3) is 0 Å². The third-order valence-corrected chi connectivity index (χ3v) is 8.27. The fourth-order valence-corrected chi connectivity index (χ4v) is 5.55. The number of halogens is 6. The summed E-state index contributed by atoms with van der Waals surface area (Å²) >= 11 is 36.5. The lowest BCUT2D eigenvalue weighted by Gasteiger charge is -2.13. The molecule has 0 heterocycles. The fourth-order valence-electron chi connectivity index (χ4n) is 4.33. The summed E-state index contributed by atoms with van der Waals surface area (Å²) in [5, 5.41) is 2.12. The summed E-state index contributed by atoms with van der Waals surface area (Å²) in [5.41, 5.74) is 0. The fraction of sp³-hybridized carbons (Fsp3) is 0.158. The van der Waals surface area contributed by atoms with Gasteiger partial charge in [-0.25, -0.2) is 9.59 Å². The minimum absolute atomic E-state index is 0.0886. The summed E-state index contributed by atoms with van der Waals surface area (Å²) < 4.78 is 44.6. The number of carbonyl (C=O) groups is 2. The molecule has 0 fully saturated rings. The highest BCUT2D eigenvalue weighted by Crippen LogP contribution is 2.39. The van der Waals surface area contributed by atoms with Crippen molar-refractivity contribution in [3.63, 3.8) is 0 Å². The van der Waals surface area contributed by atoms with Gasteiger partial charge >= 0.3 is 11.9 Å². The van der Waals surface area contributed by atoms with Crippen LogP contribution >= 0.6 is 69.6 Å². The van der Waals surface area contributed by atoms with Crippen LogP contribution in [-0.4, -0.2) is 51.6 Å². The summed E-state index contributed by atoms with van der Waals surface area (Å²) in [7, 11) is 0. The van der Waals surface area contributed by atoms with Crippen LogP contribution in [0.25, 0.3) is 0 Å². The zero-order valence-corrected chi connectivity index (χ0v) is 32.4. The Labute approximate surface area is 340 Å². The first kappa shape index (κ1) is 41.1. The van der Waals surface area contributed by atoms with Crippen molar-refractivity contribution in [2.75, 3.05) is 39.6 Å². The van der Waals surface area contributed by atoms with Crippen LogP contribution in [0.2, 0.25) is 30.1 Å². The SMILES string of the molecule is O=C(COCCOc1ccc(OCCOCC(=O)Oc2cc(Cl)ccc2Oc2ccc(Cl)cc2Cl)cc1)Oc1cc(Cl)ccc1Oc1ccc(Cl)cc1Cl. The van der Waals surface area contributed by atoms with Gasteiger partial charge in [0.1, 0.15) is 49.4 Å². The lowest BCUT2D eigenvalue weighted by molar-refractivity contribution is -0.140. The average Bonchev–Trinajstić information content (AvgIpc) is 3.13. The van der Waals surface area contributed by atoms with Crippen LogP contribution in [0.15, 0.2) is 97.1 Å².